The number of hydrogen-bond acceptors (Lipinski definition) is 5. The number of carbonyl (C=O) groups excluding carboxylic acids is 2. The van der Waals surface area contributed by atoms with Crippen LogP contribution in [0.5, 0.6) is 0 Å². The molecule has 1 aliphatic carbocycles. The van der Waals surface area contributed by atoms with E-state index in [1.807, 2.05) is 75.4 Å². The highest BCUT2D eigenvalue weighted by molar-refractivity contribution is 5.86. The van der Waals surface area contributed by atoms with Crippen molar-refractivity contribution in [3.8, 4) is 11.1 Å². The zero-order valence-corrected chi connectivity index (χ0v) is 27.6. The molecule has 6 heteroatoms. The Hall–Kier alpha value is -4.94. The Balaban J connectivity index is 1.47. The van der Waals surface area contributed by atoms with E-state index in [1.165, 1.54) is 0 Å². The number of rotatable bonds is 6. The number of carbonyl (C=O) groups is 2. The average molecular weight is 625 g/mol. The van der Waals surface area contributed by atoms with Crippen molar-refractivity contribution in [3.05, 3.63) is 154 Å². The zero-order chi connectivity index (χ0) is 32.9. The highest BCUT2D eigenvalue weighted by atomic mass is 16.6. The van der Waals surface area contributed by atoms with Gasteiger partial charge in [0.1, 0.15) is 18.2 Å². The Morgan fingerprint density at radius 2 is 1.36 bits per heavy atom. The lowest BCUT2D eigenvalue weighted by molar-refractivity contribution is -0.153. The van der Waals surface area contributed by atoms with Crippen molar-refractivity contribution < 1.29 is 19.1 Å². The molecule has 47 heavy (non-hydrogen) atoms. The van der Waals surface area contributed by atoms with Crippen LogP contribution in [0.25, 0.3) is 11.1 Å². The van der Waals surface area contributed by atoms with Crippen LogP contribution in [0.15, 0.2) is 115 Å². The topological polar surface area (TPSA) is 60.8 Å². The van der Waals surface area contributed by atoms with Crippen molar-refractivity contribution in [2.24, 2.45) is 0 Å². The fourth-order valence-corrected chi connectivity index (χ4v) is 7.41. The summed E-state index contributed by atoms with van der Waals surface area (Å²) in [6.07, 6.45) is -0.443. The Bertz CT molecular complexity index is 1910. The van der Waals surface area contributed by atoms with Crippen LogP contribution in [0.1, 0.15) is 85.8 Å². The smallest absolute Gasteiger partial charge is 0.419 e. The van der Waals surface area contributed by atoms with Gasteiger partial charge in [0.25, 0.3) is 0 Å². The number of nitrogens with zero attached hydrogens (tertiary/aromatic N) is 2. The molecule has 0 saturated carbocycles. The molecule has 4 aromatic carbocycles. The van der Waals surface area contributed by atoms with E-state index in [4.69, 9.17) is 9.47 Å². The molecule has 0 fully saturated rings. The van der Waals surface area contributed by atoms with Crippen LogP contribution in [-0.2, 0) is 33.0 Å². The van der Waals surface area contributed by atoms with Crippen molar-refractivity contribution in [2.45, 2.75) is 70.9 Å². The molecule has 1 atom stereocenters. The van der Waals surface area contributed by atoms with Gasteiger partial charge in [0.05, 0.1) is 5.54 Å². The summed E-state index contributed by atoms with van der Waals surface area (Å²) in [5.74, 6) is -0.347. The fraction of sp³-hybridized carbons (Fsp3) is 0.268. The molecule has 2 heterocycles. The van der Waals surface area contributed by atoms with Gasteiger partial charge in [0.2, 0.25) is 0 Å². The maximum atomic E-state index is 14.6. The fourth-order valence-electron chi connectivity index (χ4n) is 7.41. The second-order valence-corrected chi connectivity index (χ2v) is 13.7. The molecule has 238 valence electrons. The van der Waals surface area contributed by atoms with Crippen LogP contribution >= 0.6 is 0 Å². The van der Waals surface area contributed by atoms with E-state index in [9.17, 15) is 9.59 Å². The van der Waals surface area contributed by atoms with Gasteiger partial charge in [0, 0.05) is 23.5 Å². The first-order valence-electron chi connectivity index (χ1n) is 16.3. The second kappa shape index (κ2) is 11.7. The van der Waals surface area contributed by atoms with Crippen LogP contribution in [0.3, 0.4) is 0 Å². The Morgan fingerprint density at radius 1 is 0.809 bits per heavy atom. The number of aromatic nitrogens is 1. The van der Waals surface area contributed by atoms with Gasteiger partial charge in [-0.05, 0) is 66.1 Å². The van der Waals surface area contributed by atoms with Crippen LogP contribution in [0.2, 0.25) is 0 Å². The van der Waals surface area contributed by atoms with Gasteiger partial charge < -0.3 is 9.47 Å². The summed E-state index contributed by atoms with van der Waals surface area (Å²) in [5.41, 5.74) is 7.17. The van der Waals surface area contributed by atoms with E-state index < -0.39 is 23.3 Å². The number of benzene rings is 4. The lowest BCUT2D eigenvalue weighted by atomic mass is 9.78. The first-order valence-corrected chi connectivity index (χ1v) is 16.3. The van der Waals surface area contributed by atoms with Crippen molar-refractivity contribution in [1.29, 1.82) is 0 Å². The van der Waals surface area contributed by atoms with Crippen molar-refractivity contribution >= 4 is 12.1 Å². The van der Waals surface area contributed by atoms with E-state index in [-0.39, 0.29) is 18.5 Å². The minimum Gasteiger partial charge on any atom is -0.459 e. The van der Waals surface area contributed by atoms with Gasteiger partial charge in [-0.25, -0.2) is 9.59 Å². The highest BCUT2D eigenvalue weighted by Crippen LogP contribution is 2.59. The summed E-state index contributed by atoms with van der Waals surface area (Å²) in [5, 5.41) is 0. The van der Waals surface area contributed by atoms with E-state index in [1.54, 1.807) is 4.57 Å². The molecule has 7 rings (SSSR count). The van der Waals surface area contributed by atoms with Crippen molar-refractivity contribution in [3.63, 3.8) is 0 Å². The van der Waals surface area contributed by atoms with E-state index in [0.717, 1.165) is 50.3 Å². The third-order valence-electron chi connectivity index (χ3n) is 9.25. The SMILES string of the molecule is CC(C)c1cc2c(n1C(=O)OC(C)(C)C)CN(C1(c3ccccc3)c3ccccc3-c3ccccc31)[C@@H]2C(=O)OCc1ccccc1. The van der Waals surface area contributed by atoms with Gasteiger partial charge in [-0.2, -0.15) is 0 Å². The van der Waals surface area contributed by atoms with Gasteiger partial charge in [-0.15, -0.1) is 0 Å². The summed E-state index contributed by atoms with van der Waals surface area (Å²) in [6.45, 7) is 10.2. The molecule has 0 amide bonds. The Morgan fingerprint density at radius 3 is 1.94 bits per heavy atom. The molecule has 0 radical (unpaired) electrons. The quantitative estimate of drug-likeness (QED) is 0.177. The molecule has 0 saturated heterocycles. The summed E-state index contributed by atoms with van der Waals surface area (Å²) < 4.78 is 13.8. The van der Waals surface area contributed by atoms with Crippen LogP contribution in [-0.4, -0.2) is 27.1 Å². The molecule has 0 N–H and O–H groups in total. The van der Waals surface area contributed by atoms with E-state index in [2.05, 4.69) is 79.4 Å². The molecule has 0 spiro atoms. The lowest BCUT2D eigenvalue weighted by Gasteiger charge is -2.44. The zero-order valence-electron chi connectivity index (χ0n) is 27.6. The summed E-state index contributed by atoms with van der Waals surface area (Å²) >= 11 is 0. The highest BCUT2D eigenvalue weighted by Gasteiger charge is 2.56. The monoisotopic (exact) mass is 624 g/mol. The maximum Gasteiger partial charge on any atom is 0.419 e. The molecule has 6 nitrogen and oxygen atoms in total. The lowest BCUT2D eigenvalue weighted by Crippen LogP contribution is -2.48. The number of hydrogen-bond donors (Lipinski definition) is 0. The van der Waals surface area contributed by atoms with E-state index >= 15 is 0 Å². The molecular formula is C41H40N2O4. The van der Waals surface area contributed by atoms with E-state index in [0.29, 0.717) is 6.54 Å². The standard InChI is InChI=1S/C41H40N2O4/c1-27(2)35-24-32-36(43(35)39(45)47-40(3,4)5)25-42(37(32)38(44)46-26-28-16-8-6-9-17-28)41(29-18-10-7-11-19-29)33-22-14-12-20-30(33)31-21-13-15-23-34(31)41/h6-24,27,37H,25-26H2,1-5H3/t37-/m0/s1. The molecule has 1 aliphatic heterocycles. The van der Waals surface area contributed by atoms with Crippen molar-refractivity contribution in [1.82, 2.24) is 9.47 Å². The number of esters is 1. The number of ether oxygens (including phenoxy) is 2. The second-order valence-electron chi connectivity index (χ2n) is 13.7. The summed E-state index contributed by atoms with van der Waals surface area (Å²) in [7, 11) is 0. The third-order valence-corrected chi connectivity index (χ3v) is 9.25. The summed E-state index contributed by atoms with van der Waals surface area (Å²) in [6, 6.07) is 38.2. The third kappa shape index (κ3) is 5.08. The minimum atomic E-state index is -0.847. The van der Waals surface area contributed by atoms with Gasteiger partial charge in [-0.1, -0.05) is 123 Å². The molecule has 5 aromatic rings. The van der Waals surface area contributed by atoms with Gasteiger partial charge >= 0.3 is 12.1 Å². The molecular weight excluding hydrogens is 584 g/mol. The van der Waals surface area contributed by atoms with Gasteiger partial charge in [0.15, 0.2) is 0 Å². The van der Waals surface area contributed by atoms with Crippen molar-refractivity contribution in [2.75, 3.05) is 0 Å². The van der Waals surface area contributed by atoms with Crippen LogP contribution in [0.4, 0.5) is 4.79 Å². The van der Waals surface area contributed by atoms with Crippen LogP contribution < -0.4 is 0 Å². The number of fused-ring (bicyclic) bond motifs is 4. The average Bonchev–Trinajstić information content (AvgIpc) is 3.71. The normalized spacial score (nSPS) is 16.4. The predicted octanol–water partition coefficient (Wildman–Crippen LogP) is 8.97. The minimum absolute atomic E-state index is 0.0126. The largest absolute Gasteiger partial charge is 0.459 e. The predicted molar refractivity (Wildman–Crippen MR) is 183 cm³/mol. The molecule has 2 aliphatic rings. The summed E-state index contributed by atoms with van der Waals surface area (Å²) in [4.78, 5) is 30.9. The molecule has 1 aromatic heterocycles. The maximum absolute atomic E-state index is 14.6. The Kier molecular flexibility index (Phi) is 7.64. The Labute approximate surface area is 276 Å². The first kappa shape index (κ1) is 30.7. The molecule has 0 bridgehead atoms. The van der Waals surface area contributed by atoms with Crippen LogP contribution in [0, 0.1) is 0 Å². The first-order chi connectivity index (χ1) is 22.6. The molecule has 0 unspecified atom stereocenters. The van der Waals surface area contributed by atoms with Gasteiger partial charge in [-0.3, -0.25) is 9.47 Å².